The molecular formula is C15H10Cl2N4O3. The van der Waals surface area contributed by atoms with Crippen molar-refractivity contribution in [3.05, 3.63) is 68.1 Å². The summed E-state index contributed by atoms with van der Waals surface area (Å²) in [7, 11) is 0. The molecule has 2 aromatic heterocycles. The summed E-state index contributed by atoms with van der Waals surface area (Å²) in [5, 5.41) is 14.1. The number of nitrogens with one attached hydrogen (secondary N) is 1. The number of nitro benzene ring substituents is 1. The summed E-state index contributed by atoms with van der Waals surface area (Å²) in [6.45, 7) is 1.69. The molecule has 1 N–H and O–H groups in total. The zero-order chi connectivity index (χ0) is 17.4. The van der Waals surface area contributed by atoms with Crippen LogP contribution in [0.3, 0.4) is 0 Å². The van der Waals surface area contributed by atoms with E-state index in [-0.39, 0.29) is 16.4 Å². The normalized spacial score (nSPS) is 10.8. The minimum absolute atomic E-state index is 0.00127. The van der Waals surface area contributed by atoms with Crippen molar-refractivity contribution in [3.63, 3.8) is 0 Å². The van der Waals surface area contributed by atoms with Crippen LogP contribution in [0.4, 0.5) is 11.4 Å². The standard InChI is InChI=1S/C15H10Cl2N4O3/c1-8-14(20-5-4-9(16)6-13(20)18-8)15(22)19-10-2-3-11(17)12(7-10)21(23)24/h2-7H,1H3,(H,19,22). The second-order valence-corrected chi connectivity index (χ2v) is 5.84. The van der Waals surface area contributed by atoms with Crippen LogP contribution in [0.15, 0.2) is 36.5 Å². The number of fused-ring (bicyclic) bond motifs is 1. The number of carbonyl (C=O) groups excluding carboxylic acids is 1. The van der Waals surface area contributed by atoms with E-state index in [0.29, 0.717) is 22.1 Å². The lowest BCUT2D eigenvalue weighted by molar-refractivity contribution is -0.384. The number of amides is 1. The molecular weight excluding hydrogens is 355 g/mol. The molecule has 1 amide bonds. The van der Waals surface area contributed by atoms with Crippen LogP contribution in [-0.4, -0.2) is 20.2 Å². The molecule has 122 valence electrons. The van der Waals surface area contributed by atoms with Crippen molar-refractivity contribution < 1.29 is 9.72 Å². The molecule has 0 atom stereocenters. The van der Waals surface area contributed by atoms with Gasteiger partial charge in [0.15, 0.2) is 0 Å². The Kier molecular flexibility index (Phi) is 4.13. The second-order valence-electron chi connectivity index (χ2n) is 5.00. The number of hydrogen-bond donors (Lipinski definition) is 1. The van der Waals surface area contributed by atoms with Crippen LogP contribution in [-0.2, 0) is 0 Å². The van der Waals surface area contributed by atoms with Gasteiger partial charge in [0.1, 0.15) is 16.4 Å². The topological polar surface area (TPSA) is 89.5 Å². The average Bonchev–Trinajstić information content (AvgIpc) is 2.83. The van der Waals surface area contributed by atoms with Crippen LogP contribution in [0, 0.1) is 17.0 Å². The number of hydrogen-bond acceptors (Lipinski definition) is 4. The number of nitro groups is 1. The third kappa shape index (κ3) is 2.91. The SMILES string of the molecule is Cc1nc2cc(Cl)ccn2c1C(=O)Nc1ccc(Cl)c([N+](=O)[O-])c1. The molecule has 0 aliphatic carbocycles. The number of aromatic nitrogens is 2. The largest absolute Gasteiger partial charge is 0.320 e. The first kappa shape index (κ1) is 16.2. The van der Waals surface area contributed by atoms with Crippen LogP contribution < -0.4 is 5.32 Å². The van der Waals surface area contributed by atoms with E-state index in [1.54, 1.807) is 29.7 Å². The maximum Gasteiger partial charge on any atom is 0.289 e. The Morgan fingerprint density at radius 3 is 2.75 bits per heavy atom. The molecule has 3 rings (SSSR count). The van der Waals surface area contributed by atoms with Gasteiger partial charge in [-0.15, -0.1) is 0 Å². The predicted molar refractivity (Wildman–Crippen MR) is 91.0 cm³/mol. The molecule has 0 aliphatic heterocycles. The lowest BCUT2D eigenvalue weighted by atomic mass is 10.2. The Balaban J connectivity index is 1.98. The van der Waals surface area contributed by atoms with Crippen molar-refractivity contribution in [2.75, 3.05) is 5.32 Å². The number of imidazole rings is 1. The quantitative estimate of drug-likeness (QED) is 0.559. The van der Waals surface area contributed by atoms with Crippen LogP contribution in [0.25, 0.3) is 5.65 Å². The molecule has 0 fully saturated rings. The van der Waals surface area contributed by atoms with Gasteiger partial charge in [-0.25, -0.2) is 4.98 Å². The fourth-order valence-corrected chi connectivity index (χ4v) is 2.67. The Bertz CT molecular complexity index is 984. The summed E-state index contributed by atoms with van der Waals surface area (Å²) < 4.78 is 1.60. The molecule has 0 saturated carbocycles. The third-order valence-electron chi connectivity index (χ3n) is 3.38. The van der Waals surface area contributed by atoms with Gasteiger partial charge in [0.25, 0.3) is 11.6 Å². The molecule has 0 bridgehead atoms. The number of carbonyl (C=O) groups is 1. The highest BCUT2D eigenvalue weighted by molar-refractivity contribution is 6.32. The molecule has 0 aliphatic rings. The third-order valence-corrected chi connectivity index (χ3v) is 3.93. The fourth-order valence-electron chi connectivity index (χ4n) is 2.33. The summed E-state index contributed by atoms with van der Waals surface area (Å²) in [6, 6.07) is 7.33. The van der Waals surface area contributed by atoms with Crippen molar-refractivity contribution in [3.8, 4) is 0 Å². The average molecular weight is 365 g/mol. The van der Waals surface area contributed by atoms with Gasteiger partial charge in [-0.05, 0) is 25.1 Å². The first-order valence-corrected chi connectivity index (χ1v) is 7.52. The molecule has 9 heteroatoms. The van der Waals surface area contributed by atoms with Gasteiger partial charge < -0.3 is 5.32 Å². The van der Waals surface area contributed by atoms with Crippen LogP contribution in [0.5, 0.6) is 0 Å². The molecule has 3 aromatic rings. The molecule has 0 radical (unpaired) electrons. The van der Waals surface area contributed by atoms with E-state index < -0.39 is 10.8 Å². The number of aryl methyl sites for hydroxylation is 1. The minimum Gasteiger partial charge on any atom is -0.320 e. The highest BCUT2D eigenvalue weighted by Crippen LogP contribution is 2.28. The number of benzene rings is 1. The van der Waals surface area contributed by atoms with E-state index in [1.165, 1.54) is 18.2 Å². The van der Waals surface area contributed by atoms with E-state index in [2.05, 4.69) is 10.3 Å². The number of halogens is 2. The van der Waals surface area contributed by atoms with Gasteiger partial charge in [-0.2, -0.15) is 0 Å². The Morgan fingerprint density at radius 2 is 2.04 bits per heavy atom. The lowest BCUT2D eigenvalue weighted by Gasteiger charge is -2.06. The number of nitrogens with zero attached hydrogens (tertiary/aromatic N) is 3. The Morgan fingerprint density at radius 1 is 1.29 bits per heavy atom. The number of pyridine rings is 1. The molecule has 0 spiro atoms. The molecule has 7 nitrogen and oxygen atoms in total. The zero-order valence-electron chi connectivity index (χ0n) is 12.3. The second kappa shape index (κ2) is 6.10. The van der Waals surface area contributed by atoms with Crippen molar-refractivity contribution in [2.24, 2.45) is 0 Å². The zero-order valence-corrected chi connectivity index (χ0v) is 13.8. The van der Waals surface area contributed by atoms with Gasteiger partial charge in [0, 0.05) is 29.0 Å². The summed E-state index contributed by atoms with van der Waals surface area (Å²) in [6.07, 6.45) is 1.64. The van der Waals surface area contributed by atoms with Crippen molar-refractivity contribution >= 4 is 46.1 Å². The smallest absolute Gasteiger partial charge is 0.289 e. The van der Waals surface area contributed by atoms with E-state index >= 15 is 0 Å². The summed E-state index contributed by atoms with van der Waals surface area (Å²) in [5.74, 6) is -0.445. The van der Waals surface area contributed by atoms with Gasteiger partial charge in [-0.1, -0.05) is 23.2 Å². The Labute approximate surface area is 146 Å². The predicted octanol–water partition coefficient (Wildman–Crippen LogP) is 4.11. The monoisotopic (exact) mass is 364 g/mol. The van der Waals surface area contributed by atoms with Crippen molar-refractivity contribution in [1.29, 1.82) is 0 Å². The summed E-state index contributed by atoms with van der Waals surface area (Å²) in [5.41, 5.74) is 1.35. The molecule has 2 heterocycles. The number of anilines is 1. The van der Waals surface area contributed by atoms with Crippen LogP contribution in [0.2, 0.25) is 10.0 Å². The molecule has 24 heavy (non-hydrogen) atoms. The van der Waals surface area contributed by atoms with Crippen LogP contribution >= 0.6 is 23.2 Å². The maximum absolute atomic E-state index is 12.6. The van der Waals surface area contributed by atoms with Gasteiger partial charge >= 0.3 is 0 Å². The molecule has 0 saturated heterocycles. The van der Waals surface area contributed by atoms with Crippen LogP contribution in [0.1, 0.15) is 16.2 Å². The Hall–Kier alpha value is -2.64. The van der Waals surface area contributed by atoms with E-state index in [4.69, 9.17) is 23.2 Å². The van der Waals surface area contributed by atoms with E-state index in [9.17, 15) is 14.9 Å². The summed E-state index contributed by atoms with van der Waals surface area (Å²) in [4.78, 5) is 27.2. The number of rotatable bonds is 3. The van der Waals surface area contributed by atoms with Gasteiger partial charge in [-0.3, -0.25) is 19.3 Å². The van der Waals surface area contributed by atoms with E-state index in [0.717, 1.165) is 0 Å². The van der Waals surface area contributed by atoms with Gasteiger partial charge in [0.2, 0.25) is 0 Å². The van der Waals surface area contributed by atoms with Crippen molar-refractivity contribution in [2.45, 2.75) is 6.92 Å². The summed E-state index contributed by atoms with van der Waals surface area (Å²) >= 11 is 11.7. The first-order chi connectivity index (χ1) is 11.4. The minimum atomic E-state index is -0.612. The molecule has 1 aromatic carbocycles. The fraction of sp³-hybridized carbons (Fsp3) is 0.0667. The van der Waals surface area contributed by atoms with Crippen molar-refractivity contribution in [1.82, 2.24) is 9.38 Å². The highest BCUT2D eigenvalue weighted by atomic mass is 35.5. The molecule has 0 unspecified atom stereocenters. The first-order valence-electron chi connectivity index (χ1n) is 6.76. The maximum atomic E-state index is 12.6. The van der Waals surface area contributed by atoms with E-state index in [1.807, 2.05) is 0 Å². The lowest BCUT2D eigenvalue weighted by Crippen LogP contribution is -2.15. The van der Waals surface area contributed by atoms with Gasteiger partial charge in [0.05, 0.1) is 10.6 Å². The highest BCUT2D eigenvalue weighted by Gasteiger charge is 2.19.